The van der Waals surface area contributed by atoms with Crippen LogP contribution in [0.3, 0.4) is 0 Å². The van der Waals surface area contributed by atoms with Crippen molar-refractivity contribution in [2.45, 2.75) is 25.1 Å². The second-order valence-electron chi connectivity index (χ2n) is 4.81. The minimum absolute atomic E-state index is 0.144. The van der Waals surface area contributed by atoms with Crippen molar-refractivity contribution in [1.29, 1.82) is 5.26 Å². The molecule has 0 bridgehead atoms. The van der Waals surface area contributed by atoms with E-state index in [4.69, 9.17) is 10.5 Å². The van der Waals surface area contributed by atoms with E-state index in [0.717, 1.165) is 22.3 Å². The van der Waals surface area contributed by atoms with Crippen molar-refractivity contribution in [3.63, 3.8) is 0 Å². The van der Waals surface area contributed by atoms with Crippen molar-refractivity contribution >= 4 is 22.2 Å². The van der Waals surface area contributed by atoms with Gasteiger partial charge >= 0.3 is 6.18 Å². The van der Waals surface area contributed by atoms with Gasteiger partial charge in [0.25, 0.3) is 0 Å². The van der Waals surface area contributed by atoms with Crippen LogP contribution in [0.4, 0.5) is 24.0 Å². The molecule has 0 amide bonds. The maximum Gasteiger partial charge on any atom is 0.434 e. The summed E-state index contributed by atoms with van der Waals surface area (Å²) in [5, 5.41) is 21.7. The number of hydroxylamine groups is 1. The molecule has 0 saturated carbocycles. The Bertz CT molecular complexity index is 693. The fourth-order valence-corrected chi connectivity index (χ4v) is 2.64. The molecule has 9 heteroatoms. The number of nitrogens with zero attached hydrogens (tertiary/aromatic N) is 2. The molecule has 1 aromatic heterocycles. The monoisotopic (exact) mass is 342 g/mol. The molecule has 1 aromatic carbocycles. The normalized spacial score (nSPS) is 14.1. The van der Waals surface area contributed by atoms with Crippen LogP contribution in [0.1, 0.15) is 24.1 Å². The van der Waals surface area contributed by atoms with Gasteiger partial charge in [0, 0.05) is 17.0 Å². The summed E-state index contributed by atoms with van der Waals surface area (Å²) in [5.41, 5.74) is 2.38. The van der Waals surface area contributed by atoms with Gasteiger partial charge in [0.15, 0.2) is 10.8 Å². The van der Waals surface area contributed by atoms with Gasteiger partial charge in [-0.3, -0.25) is 0 Å². The summed E-state index contributed by atoms with van der Waals surface area (Å²) in [6, 6.07) is 7.99. The highest BCUT2D eigenvalue weighted by molar-refractivity contribution is 7.13. The molecule has 2 unspecified atom stereocenters. The second-order valence-corrected chi connectivity index (χ2v) is 5.67. The fourth-order valence-electron chi connectivity index (χ4n) is 1.90. The maximum atomic E-state index is 12.5. The Morgan fingerprint density at radius 2 is 1.96 bits per heavy atom. The lowest BCUT2D eigenvalue weighted by atomic mass is 9.94. The lowest BCUT2D eigenvalue weighted by Crippen LogP contribution is -2.29. The molecule has 23 heavy (non-hydrogen) atoms. The number of benzene rings is 1. The first kappa shape index (κ1) is 17.2. The van der Waals surface area contributed by atoms with Gasteiger partial charge < -0.3 is 10.5 Å². The molecule has 0 aliphatic carbocycles. The predicted molar refractivity (Wildman–Crippen MR) is 79.6 cm³/mol. The number of alkyl halides is 3. The van der Waals surface area contributed by atoms with E-state index in [2.05, 4.69) is 10.3 Å². The number of halogens is 3. The number of hydrogen-bond acceptors (Lipinski definition) is 6. The molecule has 0 radical (unpaired) electrons. The largest absolute Gasteiger partial charge is 0.434 e. The van der Waals surface area contributed by atoms with Crippen molar-refractivity contribution in [2.75, 3.05) is 5.32 Å². The molecule has 0 saturated heterocycles. The number of nitriles is 1. The topological polar surface area (TPSA) is 81.0 Å². The molecule has 2 rings (SSSR count). The van der Waals surface area contributed by atoms with Gasteiger partial charge in [0.2, 0.25) is 0 Å². The van der Waals surface area contributed by atoms with Crippen molar-refractivity contribution in [2.24, 2.45) is 0 Å². The van der Waals surface area contributed by atoms with Gasteiger partial charge in [-0.25, -0.2) is 4.98 Å². The van der Waals surface area contributed by atoms with Gasteiger partial charge in [-0.15, -0.1) is 11.3 Å². The van der Waals surface area contributed by atoms with Crippen LogP contribution in [-0.2, 0) is 6.18 Å². The van der Waals surface area contributed by atoms with E-state index < -0.39 is 17.9 Å². The summed E-state index contributed by atoms with van der Waals surface area (Å²) >= 11 is 0.866. The highest BCUT2D eigenvalue weighted by Gasteiger charge is 2.33. The Morgan fingerprint density at radius 1 is 1.30 bits per heavy atom. The van der Waals surface area contributed by atoms with Gasteiger partial charge in [-0.2, -0.15) is 23.9 Å². The average molecular weight is 342 g/mol. The summed E-state index contributed by atoms with van der Waals surface area (Å²) in [4.78, 5) is 3.49. The number of hydrogen-bond donors (Lipinski definition) is 3. The predicted octanol–water partition coefficient (Wildman–Crippen LogP) is 3.88. The van der Waals surface area contributed by atoms with E-state index in [1.165, 1.54) is 0 Å². The third-order valence-electron chi connectivity index (χ3n) is 3.26. The van der Waals surface area contributed by atoms with Crippen molar-refractivity contribution < 1.29 is 18.4 Å². The zero-order valence-corrected chi connectivity index (χ0v) is 12.7. The highest BCUT2D eigenvalue weighted by Crippen LogP contribution is 2.32. The zero-order chi connectivity index (χ0) is 17.0. The fraction of sp³-hybridized carbons (Fsp3) is 0.286. The molecule has 0 fully saturated rings. The van der Waals surface area contributed by atoms with Crippen LogP contribution in [0, 0.1) is 11.3 Å². The van der Waals surface area contributed by atoms with Crippen LogP contribution < -0.4 is 10.8 Å². The van der Waals surface area contributed by atoms with Crippen LogP contribution in [0.25, 0.3) is 0 Å². The number of nitrogens with one attached hydrogen (secondary N) is 2. The zero-order valence-electron chi connectivity index (χ0n) is 11.9. The quantitative estimate of drug-likeness (QED) is 0.719. The maximum absolute atomic E-state index is 12.5. The number of rotatable bonds is 5. The number of thiazole rings is 1. The average Bonchev–Trinajstić information content (AvgIpc) is 2.98. The van der Waals surface area contributed by atoms with Crippen LogP contribution in [0.5, 0.6) is 0 Å². The Hall–Kier alpha value is -2.15. The molecule has 0 aliphatic rings. The van der Waals surface area contributed by atoms with E-state index >= 15 is 0 Å². The molecule has 0 aliphatic heterocycles. The van der Waals surface area contributed by atoms with E-state index in [-0.39, 0.29) is 11.0 Å². The summed E-state index contributed by atoms with van der Waals surface area (Å²) < 4.78 is 37.5. The summed E-state index contributed by atoms with van der Waals surface area (Å²) in [6.45, 7) is 1.77. The van der Waals surface area contributed by atoms with E-state index in [1.54, 1.807) is 31.2 Å². The van der Waals surface area contributed by atoms with Crippen molar-refractivity contribution in [3.05, 3.63) is 40.9 Å². The van der Waals surface area contributed by atoms with Gasteiger partial charge in [0.05, 0.1) is 6.07 Å². The lowest BCUT2D eigenvalue weighted by molar-refractivity contribution is -0.140. The summed E-state index contributed by atoms with van der Waals surface area (Å²) in [7, 11) is 0. The molecule has 5 nitrogen and oxygen atoms in total. The molecular weight excluding hydrogens is 329 g/mol. The first-order valence-electron chi connectivity index (χ1n) is 6.54. The molecule has 3 N–H and O–H groups in total. The van der Waals surface area contributed by atoms with E-state index in [0.29, 0.717) is 5.69 Å². The van der Waals surface area contributed by atoms with Crippen molar-refractivity contribution in [1.82, 2.24) is 10.5 Å². The minimum atomic E-state index is -4.46. The van der Waals surface area contributed by atoms with Crippen LogP contribution in [0.15, 0.2) is 29.6 Å². The number of anilines is 2. The Kier molecular flexibility index (Phi) is 5.20. The first-order chi connectivity index (χ1) is 10.8. The van der Waals surface area contributed by atoms with Crippen LogP contribution in [0.2, 0.25) is 0 Å². The van der Waals surface area contributed by atoms with E-state index in [9.17, 15) is 13.2 Å². The van der Waals surface area contributed by atoms with E-state index in [1.807, 2.05) is 11.5 Å². The van der Waals surface area contributed by atoms with Gasteiger partial charge in [-0.1, -0.05) is 19.1 Å². The standard InChI is InChI=1S/C14H13F3N4OS/c1-8(11(6-18)21-22)9-2-4-10(5-3-9)19-13-20-12(7-23-13)14(15,16)17/h2-5,7-8,11,21-22H,1H3,(H,19,20). The van der Waals surface area contributed by atoms with Gasteiger partial charge in [0.1, 0.15) is 6.04 Å². The molecule has 2 aromatic rings. The van der Waals surface area contributed by atoms with Gasteiger partial charge in [-0.05, 0) is 17.7 Å². The highest BCUT2D eigenvalue weighted by atomic mass is 32.1. The smallest absolute Gasteiger partial charge is 0.332 e. The SMILES string of the molecule is CC(c1ccc(Nc2nc(C(F)(F)F)cs2)cc1)C(C#N)NO. The Labute approximate surface area is 134 Å². The van der Waals surface area contributed by atoms with Crippen molar-refractivity contribution in [3.8, 4) is 6.07 Å². The lowest BCUT2D eigenvalue weighted by Gasteiger charge is -2.16. The molecule has 122 valence electrons. The Morgan fingerprint density at radius 3 is 2.43 bits per heavy atom. The summed E-state index contributed by atoms with van der Waals surface area (Å²) in [6.07, 6.45) is -4.46. The molecule has 2 atom stereocenters. The third-order valence-corrected chi connectivity index (χ3v) is 4.02. The summed E-state index contributed by atoms with van der Waals surface area (Å²) in [5.74, 6) is -0.254. The number of aromatic nitrogens is 1. The molecule has 1 heterocycles. The van der Waals surface area contributed by atoms with Crippen LogP contribution >= 0.6 is 11.3 Å². The second kappa shape index (κ2) is 6.95. The third kappa shape index (κ3) is 4.19. The minimum Gasteiger partial charge on any atom is -0.332 e. The van der Waals surface area contributed by atoms with Crippen LogP contribution in [-0.4, -0.2) is 16.2 Å². The molecular formula is C14H13F3N4OS. The first-order valence-corrected chi connectivity index (χ1v) is 7.42. The molecule has 0 spiro atoms. The Balaban J connectivity index is 2.09.